The van der Waals surface area contributed by atoms with Gasteiger partial charge in [-0.1, -0.05) is 0 Å². The minimum absolute atomic E-state index is 0. The molecular formula is C5H13GeHfN3. The molecule has 0 radical (unpaired) electrons. The molecule has 5 heteroatoms. The van der Waals surface area contributed by atoms with E-state index in [-0.39, 0.29) is 44.3 Å². The van der Waals surface area contributed by atoms with Crippen LogP contribution in [0.25, 0.3) is 18.5 Å². The minimum atomic E-state index is 0. The summed E-state index contributed by atoms with van der Waals surface area (Å²) in [5.41, 5.74) is 0. The zero-order valence-corrected chi connectivity index (χ0v) is 13.8. The van der Waals surface area contributed by atoms with Crippen LogP contribution in [0.1, 0.15) is 0 Å². The third-order valence-electron chi connectivity index (χ3n) is 0.829. The molecule has 1 rings (SSSR count). The fraction of sp³-hybridized carbons (Fsp3) is 0. The molecule has 0 aliphatic carbocycles. The largest absolute Gasteiger partial charge is 4.00 e. The Hall–Kier alpha value is 0.643. The van der Waals surface area contributed by atoms with Gasteiger partial charge in [0.2, 0.25) is 0 Å². The Morgan fingerprint density at radius 3 is 1.30 bits per heavy atom. The van der Waals surface area contributed by atoms with Gasteiger partial charge in [0, 0.05) is 0 Å². The van der Waals surface area contributed by atoms with Gasteiger partial charge in [-0.2, -0.15) is 0 Å². The van der Waals surface area contributed by atoms with Crippen molar-refractivity contribution in [3.05, 3.63) is 42.7 Å². The summed E-state index contributed by atoms with van der Waals surface area (Å²) in [6.45, 7) is 0. The third kappa shape index (κ3) is 8.64. The second-order valence-electron chi connectivity index (χ2n) is 1.46. The van der Waals surface area contributed by atoms with Crippen molar-refractivity contribution in [1.29, 1.82) is 0 Å². The van der Waals surface area contributed by atoms with Crippen LogP contribution < -0.4 is 4.40 Å². The van der Waals surface area contributed by atoms with E-state index in [2.05, 4.69) is 24.3 Å². The van der Waals surface area contributed by atoms with Crippen molar-refractivity contribution in [2.45, 2.75) is 0 Å². The van der Waals surface area contributed by atoms with Crippen LogP contribution in [0.4, 0.5) is 0 Å². The first-order valence-corrected chi connectivity index (χ1v) is 4.18. The molecule has 3 nitrogen and oxygen atoms in total. The summed E-state index contributed by atoms with van der Waals surface area (Å²) in [5.74, 6) is 0. The first kappa shape index (κ1) is 22.4. The van der Waals surface area contributed by atoms with Crippen LogP contribution in [0, 0.1) is 0 Å². The summed E-state index contributed by atoms with van der Waals surface area (Å²) in [6.07, 6.45) is 0. The predicted molar refractivity (Wildman–Crippen MR) is 47.5 cm³/mol. The van der Waals surface area contributed by atoms with Gasteiger partial charge in [0.1, 0.15) is 0 Å². The molecule has 1 aromatic carbocycles. The molecule has 0 saturated carbocycles. The molecule has 0 fully saturated rings. The van der Waals surface area contributed by atoms with Gasteiger partial charge in [-0.3, -0.25) is 0 Å². The molecule has 0 bridgehead atoms. The number of nitrogens with two attached hydrogens (primary N) is 3. The summed E-state index contributed by atoms with van der Waals surface area (Å²) < 4.78 is 1.53. The SMILES string of the molecule is [GeH3][c-]1cccc1.[Hf+4].[NH2-].[NH2-].[NH2-]. The zero-order valence-electron chi connectivity index (χ0n) is 6.04. The van der Waals surface area contributed by atoms with Crippen molar-refractivity contribution < 1.29 is 25.8 Å². The Labute approximate surface area is 89.1 Å². The van der Waals surface area contributed by atoms with Crippen molar-refractivity contribution in [3.8, 4) is 0 Å². The molecule has 0 amide bonds. The average molecular weight is 366 g/mol. The molecule has 0 atom stereocenters. The molecule has 56 valence electrons. The van der Waals surface area contributed by atoms with Gasteiger partial charge in [0.25, 0.3) is 0 Å². The molecule has 1 aromatic rings. The fourth-order valence-electron chi connectivity index (χ4n) is 0.470. The zero-order chi connectivity index (χ0) is 4.41. The summed E-state index contributed by atoms with van der Waals surface area (Å²) in [5, 5.41) is 0. The molecule has 10 heavy (non-hydrogen) atoms. The quantitative estimate of drug-likeness (QED) is 0.491. The standard InChI is InChI=1S/C5H7Ge.Hf.3H2N/c6-5-3-1-2-4-5;;;;/h1-4H,6H3;;3*1H2/q-1;+4;3*-1. The third-order valence-corrected chi connectivity index (χ3v) is 2.23. The van der Waals surface area contributed by atoms with Crippen LogP contribution in [0.3, 0.4) is 0 Å². The summed E-state index contributed by atoms with van der Waals surface area (Å²) in [4.78, 5) is 0. The van der Waals surface area contributed by atoms with E-state index in [9.17, 15) is 0 Å². The van der Waals surface area contributed by atoms with Crippen LogP contribution >= 0.6 is 0 Å². The van der Waals surface area contributed by atoms with E-state index < -0.39 is 0 Å². The second kappa shape index (κ2) is 12.3. The van der Waals surface area contributed by atoms with Crippen LogP contribution in [-0.4, -0.2) is 16.5 Å². The monoisotopic (exact) mass is 369 g/mol. The number of hydrogen-bond acceptors (Lipinski definition) is 0. The minimum Gasteiger partial charge on any atom is -0.693 e. The number of hydrogen-bond donors (Lipinski definition) is 0. The van der Waals surface area contributed by atoms with E-state index in [0.29, 0.717) is 0 Å². The van der Waals surface area contributed by atoms with E-state index in [4.69, 9.17) is 0 Å². The molecule has 0 heterocycles. The van der Waals surface area contributed by atoms with Crippen molar-refractivity contribution in [1.82, 2.24) is 0 Å². The first-order chi connectivity index (χ1) is 2.89. The van der Waals surface area contributed by atoms with Crippen molar-refractivity contribution in [3.63, 3.8) is 0 Å². The van der Waals surface area contributed by atoms with E-state index in [0.717, 1.165) is 16.5 Å². The van der Waals surface area contributed by atoms with Crippen molar-refractivity contribution >= 4 is 20.9 Å². The fourth-order valence-corrected chi connectivity index (χ4v) is 1.28. The van der Waals surface area contributed by atoms with Gasteiger partial charge >= 0.3 is 71.0 Å². The van der Waals surface area contributed by atoms with E-state index in [1.54, 1.807) is 0 Å². The summed E-state index contributed by atoms with van der Waals surface area (Å²) in [7, 11) is 0. The maximum atomic E-state index is 2.17. The molecule has 0 aromatic heterocycles. The van der Waals surface area contributed by atoms with Gasteiger partial charge in [0.05, 0.1) is 0 Å². The molecular weight excluding hydrogens is 353 g/mol. The molecule has 0 unspecified atom stereocenters. The second-order valence-corrected chi connectivity index (χ2v) is 3.88. The van der Waals surface area contributed by atoms with Crippen molar-refractivity contribution in [2.24, 2.45) is 0 Å². The van der Waals surface area contributed by atoms with Gasteiger partial charge in [0.15, 0.2) is 0 Å². The molecule has 0 aliphatic rings. The molecule has 6 N–H and O–H groups in total. The first-order valence-electron chi connectivity index (χ1n) is 2.08. The van der Waals surface area contributed by atoms with Gasteiger partial charge in [-0.25, -0.2) is 0 Å². The smallest absolute Gasteiger partial charge is 0.693 e. The van der Waals surface area contributed by atoms with E-state index in [1.165, 1.54) is 4.40 Å². The predicted octanol–water partition coefficient (Wildman–Crippen LogP) is 1.54. The van der Waals surface area contributed by atoms with E-state index >= 15 is 0 Å². The molecule has 0 aliphatic heterocycles. The summed E-state index contributed by atoms with van der Waals surface area (Å²) in [6, 6.07) is 8.50. The Balaban J connectivity index is -0.0000000450. The normalized spacial score (nSPS) is 5.60. The Kier molecular flexibility index (Phi) is 27.7. The Bertz CT molecular complexity index is 120. The van der Waals surface area contributed by atoms with Gasteiger partial charge < -0.3 is 18.5 Å². The van der Waals surface area contributed by atoms with Gasteiger partial charge in [-0.15, -0.1) is 0 Å². The maximum absolute atomic E-state index is 2.17. The van der Waals surface area contributed by atoms with E-state index in [1.807, 2.05) is 0 Å². The number of rotatable bonds is 0. The average Bonchev–Trinajstić information content (AvgIpc) is 1.86. The van der Waals surface area contributed by atoms with Crippen LogP contribution in [0.2, 0.25) is 0 Å². The molecule has 0 spiro atoms. The maximum Gasteiger partial charge on any atom is 4.00 e. The molecule has 0 saturated heterocycles. The van der Waals surface area contributed by atoms with Crippen molar-refractivity contribution in [2.75, 3.05) is 0 Å². The van der Waals surface area contributed by atoms with Crippen LogP contribution in [-0.2, 0) is 25.8 Å². The van der Waals surface area contributed by atoms with Crippen LogP contribution in [0.5, 0.6) is 0 Å². The van der Waals surface area contributed by atoms with Crippen LogP contribution in [0.15, 0.2) is 24.3 Å². The van der Waals surface area contributed by atoms with Gasteiger partial charge in [-0.05, 0) is 0 Å². The Morgan fingerprint density at radius 2 is 1.20 bits per heavy atom. The summed E-state index contributed by atoms with van der Waals surface area (Å²) >= 11 is 0.885. The Morgan fingerprint density at radius 1 is 0.900 bits per heavy atom. The topological polar surface area (TPSA) is 100 Å².